The Morgan fingerprint density at radius 2 is 1.79 bits per heavy atom. The standard InChI is InChI=1S/C12H13F2N5/c1-7-2-11(19-15)18-12(17-7)16-6-8-3-9(13)5-10(14)4-8/h2-5H,6,15H2,1H3,(H2,16,17,18,19). The molecule has 2 rings (SSSR count). The molecule has 0 unspecified atom stereocenters. The van der Waals surface area contributed by atoms with Crippen LogP contribution in [-0.4, -0.2) is 9.97 Å². The molecule has 0 atom stereocenters. The Morgan fingerprint density at radius 1 is 1.11 bits per heavy atom. The molecule has 7 heteroatoms. The van der Waals surface area contributed by atoms with Crippen LogP contribution in [0, 0.1) is 18.6 Å². The monoisotopic (exact) mass is 265 g/mol. The lowest BCUT2D eigenvalue weighted by atomic mass is 10.2. The molecular weight excluding hydrogens is 252 g/mol. The van der Waals surface area contributed by atoms with Crippen LogP contribution in [-0.2, 0) is 6.54 Å². The van der Waals surface area contributed by atoms with Gasteiger partial charge in [0.15, 0.2) is 0 Å². The van der Waals surface area contributed by atoms with E-state index in [0.717, 1.165) is 11.8 Å². The normalized spacial score (nSPS) is 10.3. The molecule has 0 aliphatic carbocycles. The minimum absolute atomic E-state index is 0.210. The number of nitrogens with two attached hydrogens (primary N) is 1. The van der Waals surface area contributed by atoms with Gasteiger partial charge in [-0.05, 0) is 24.6 Å². The van der Waals surface area contributed by atoms with Crippen LogP contribution >= 0.6 is 0 Å². The van der Waals surface area contributed by atoms with Crippen molar-refractivity contribution in [3.63, 3.8) is 0 Å². The van der Waals surface area contributed by atoms with Crippen LogP contribution in [0.1, 0.15) is 11.3 Å². The van der Waals surface area contributed by atoms with Crippen LogP contribution in [0.3, 0.4) is 0 Å². The van der Waals surface area contributed by atoms with E-state index in [1.165, 1.54) is 12.1 Å². The molecule has 0 bridgehead atoms. The maximum absolute atomic E-state index is 13.0. The summed E-state index contributed by atoms with van der Waals surface area (Å²) in [5, 5.41) is 2.88. The second kappa shape index (κ2) is 5.57. The highest BCUT2D eigenvalue weighted by atomic mass is 19.1. The molecule has 0 spiro atoms. The van der Waals surface area contributed by atoms with E-state index in [2.05, 4.69) is 20.7 Å². The van der Waals surface area contributed by atoms with Crippen molar-refractivity contribution in [1.82, 2.24) is 9.97 Å². The van der Waals surface area contributed by atoms with E-state index >= 15 is 0 Å². The summed E-state index contributed by atoms with van der Waals surface area (Å²) >= 11 is 0. The molecular formula is C12H13F2N5. The smallest absolute Gasteiger partial charge is 0.225 e. The highest BCUT2D eigenvalue weighted by Gasteiger charge is 2.03. The molecule has 0 amide bonds. The third kappa shape index (κ3) is 3.59. The van der Waals surface area contributed by atoms with Gasteiger partial charge in [-0.25, -0.2) is 19.6 Å². The average Bonchev–Trinajstić information content (AvgIpc) is 2.34. The number of halogens is 2. The quantitative estimate of drug-likeness (QED) is 0.582. The van der Waals surface area contributed by atoms with E-state index in [1.54, 1.807) is 13.0 Å². The summed E-state index contributed by atoms with van der Waals surface area (Å²) in [5.41, 5.74) is 3.59. The van der Waals surface area contributed by atoms with E-state index in [4.69, 9.17) is 5.84 Å². The molecule has 0 aliphatic rings. The van der Waals surface area contributed by atoms with Crippen LogP contribution in [0.5, 0.6) is 0 Å². The van der Waals surface area contributed by atoms with Gasteiger partial charge in [0.25, 0.3) is 0 Å². The van der Waals surface area contributed by atoms with Crippen molar-refractivity contribution < 1.29 is 8.78 Å². The highest BCUT2D eigenvalue weighted by Crippen LogP contribution is 2.12. The molecule has 0 saturated heterocycles. The SMILES string of the molecule is Cc1cc(NN)nc(NCc2cc(F)cc(F)c2)n1. The molecule has 0 aliphatic heterocycles. The van der Waals surface area contributed by atoms with E-state index in [1.807, 2.05) is 0 Å². The number of hydrazine groups is 1. The van der Waals surface area contributed by atoms with Gasteiger partial charge in [0.2, 0.25) is 5.95 Å². The van der Waals surface area contributed by atoms with Crippen molar-refractivity contribution in [1.29, 1.82) is 0 Å². The third-order valence-corrected chi connectivity index (χ3v) is 2.38. The fourth-order valence-corrected chi connectivity index (χ4v) is 1.62. The largest absolute Gasteiger partial charge is 0.350 e. The first-order valence-electron chi connectivity index (χ1n) is 5.58. The predicted octanol–water partition coefficient (Wildman–Crippen LogP) is 1.96. The molecule has 4 N–H and O–H groups in total. The first-order valence-corrected chi connectivity index (χ1v) is 5.58. The first-order chi connectivity index (χ1) is 9.06. The minimum Gasteiger partial charge on any atom is -0.350 e. The van der Waals surface area contributed by atoms with Gasteiger partial charge in [-0.1, -0.05) is 0 Å². The number of hydrogen-bond donors (Lipinski definition) is 3. The molecule has 0 saturated carbocycles. The summed E-state index contributed by atoms with van der Waals surface area (Å²) in [7, 11) is 0. The zero-order valence-electron chi connectivity index (χ0n) is 10.2. The summed E-state index contributed by atoms with van der Waals surface area (Å²) in [6, 6.07) is 4.98. The Morgan fingerprint density at radius 3 is 2.42 bits per heavy atom. The van der Waals surface area contributed by atoms with Crippen molar-refractivity contribution in [3.05, 3.63) is 47.2 Å². The predicted molar refractivity (Wildman–Crippen MR) is 68.3 cm³/mol. The van der Waals surface area contributed by atoms with Crippen molar-refractivity contribution in [3.8, 4) is 0 Å². The fourth-order valence-electron chi connectivity index (χ4n) is 1.62. The number of aryl methyl sites for hydroxylation is 1. The second-order valence-corrected chi connectivity index (χ2v) is 3.99. The summed E-state index contributed by atoms with van der Waals surface area (Å²) in [4.78, 5) is 8.20. The minimum atomic E-state index is -0.619. The molecule has 1 heterocycles. The second-order valence-electron chi connectivity index (χ2n) is 3.99. The van der Waals surface area contributed by atoms with Gasteiger partial charge in [-0.2, -0.15) is 4.98 Å². The lowest BCUT2D eigenvalue weighted by Crippen LogP contribution is -2.12. The Labute approximate surface area is 108 Å². The Bertz CT molecular complexity index is 568. The van der Waals surface area contributed by atoms with Gasteiger partial charge in [0.1, 0.15) is 17.5 Å². The molecule has 100 valence electrons. The number of hydrogen-bond acceptors (Lipinski definition) is 5. The van der Waals surface area contributed by atoms with Crippen LogP contribution < -0.4 is 16.6 Å². The van der Waals surface area contributed by atoms with Gasteiger partial charge >= 0.3 is 0 Å². The number of nitrogen functional groups attached to an aromatic ring is 1. The molecule has 2 aromatic rings. The number of nitrogens with one attached hydrogen (secondary N) is 2. The van der Waals surface area contributed by atoms with Crippen LogP contribution in [0.4, 0.5) is 20.5 Å². The fraction of sp³-hybridized carbons (Fsp3) is 0.167. The molecule has 5 nitrogen and oxygen atoms in total. The van der Waals surface area contributed by atoms with Gasteiger partial charge in [-0.15, -0.1) is 0 Å². The van der Waals surface area contributed by atoms with Crippen LogP contribution in [0.2, 0.25) is 0 Å². The lowest BCUT2D eigenvalue weighted by Gasteiger charge is -2.08. The third-order valence-electron chi connectivity index (χ3n) is 2.38. The van der Waals surface area contributed by atoms with Crippen LogP contribution in [0.15, 0.2) is 24.3 Å². The van der Waals surface area contributed by atoms with Gasteiger partial charge < -0.3 is 10.7 Å². The van der Waals surface area contributed by atoms with Crippen molar-refractivity contribution in [2.24, 2.45) is 5.84 Å². The number of rotatable bonds is 4. The van der Waals surface area contributed by atoms with Gasteiger partial charge in [0, 0.05) is 24.4 Å². The zero-order valence-corrected chi connectivity index (χ0v) is 10.2. The first kappa shape index (κ1) is 13.2. The molecule has 0 radical (unpaired) electrons. The summed E-state index contributed by atoms with van der Waals surface area (Å²) in [6.07, 6.45) is 0. The molecule has 1 aromatic carbocycles. The van der Waals surface area contributed by atoms with E-state index in [-0.39, 0.29) is 6.54 Å². The van der Waals surface area contributed by atoms with Gasteiger partial charge in [-0.3, -0.25) is 0 Å². The molecule has 1 aromatic heterocycles. The number of aromatic nitrogens is 2. The van der Waals surface area contributed by atoms with Crippen molar-refractivity contribution in [2.75, 3.05) is 10.7 Å². The average molecular weight is 265 g/mol. The highest BCUT2D eigenvalue weighted by molar-refractivity contribution is 5.41. The number of anilines is 2. The number of nitrogens with zero attached hydrogens (tertiary/aromatic N) is 2. The summed E-state index contributed by atoms with van der Waals surface area (Å²) in [5.74, 6) is 4.82. The number of benzene rings is 1. The van der Waals surface area contributed by atoms with Crippen LogP contribution in [0.25, 0.3) is 0 Å². The Balaban J connectivity index is 2.11. The Hall–Kier alpha value is -2.28. The zero-order chi connectivity index (χ0) is 13.8. The van der Waals surface area contributed by atoms with E-state index in [0.29, 0.717) is 17.3 Å². The van der Waals surface area contributed by atoms with Crippen molar-refractivity contribution >= 4 is 11.8 Å². The maximum Gasteiger partial charge on any atom is 0.225 e. The molecule has 0 fully saturated rings. The maximum atomic E-state index is 13.0. The Kier molecular flexibility index (Phi) is 3.86. The van der Waals surface area contributed by atoms with E-state index in [9.17, 15) is 8.78 Å². The summed E-state index contributed by atoms with van der Waals surface area (Å²) in [6.45, 7) is 2.00. The summed E-state index contributed by atoms with van der Waals surface area (Å²) < 4.78 is 26.0. The van der Waals surface area contributed by atoms with Gasteiger partial charge in [0.05, 0.1) is 0 Å². The molecule has 19 heavy (non-hydrogen) atoms. The topological polar surface area (TPSA) is 75.9 Å². The van der Waals surface area contributed by atoms with E-state index < -0.39 is 11.6 Å². The lowest BCUT2D eigenvalue weighted by molar-refractivity contribution is 0.580. The van der Waals surface area contributed by atoms with Crippen molar-refractivity contribution in [2.45, 2.75) is 13.5 Å².